The summed E-state index contributed by atoms with van der Waals surface area (Å²) in [6, 6.07) is 7.08. The third kappa shape index (κ3) is 3.06. The summed E-state index contributed by atoms with van der Waals surface area (Å²) in [5.74, 6) is -0.720. The van der Waals surface area contributed by atoms with Crippen molar-refractivity contribution in [2.24, 2.45) is 15.8 Å². The summed E-state index contributed by atoms with van der Waals surface area (Å²) in [5, 5.41) is 9.27. The average molecular weight is 371 g/mol. The van der Waals surface area contributed by atoms with E-state index in [4.69, 9.17) is 10.5 Å². The number of amides is 2. The Balaban J connectivity index is 1.75. The van der Waals surface area contributed by atoms with E-state index in [0.717, 1.165) is 11.8 Å². The molecule has 27 heavy (non-hydrogen) atoms. The molecule has 3 heterocycles. The van der Waals surface area contributed by atoms with Crippen molar-refractivity contribution in [1.29, 1.82) is 0 Å². The zero-order valence-electron chi connectivity index (χ0n) is 14.1. The van der Waals surface area contributed by atoms with E-state index in [9.17, 15) is 14.1 Å². The topological polar surface area (TPSA) is 118 Å². The molecule has 3 aliphatic rings. The largest absolute Gasteiger partial charge is 0.478 e. The number of nitrogens with zero attached hydrogens (tertiary/aromatic N) is 3. The fraction of sp³-hybridized carbons (Fsp3) is 0.176. The van der Waals surface area contributed by atoms with E-state index in [1.165, 1.54) is 12.3 Å². The van der Waals surface area contributed by atoms with Gasteiger partial charge < -0.3 is 21.1 Å². The highest BCUT2D eigenvalue weighted by atomic mass is 19.2. The molecule has 2 bridgehead atoms. The summed E-state index contributed by atoms with van der Waals surface area (Å²) in [5.41, 5.74) is 6.10. The number of ether oxygens (including phenoxy) is 1. The van der Waals surface area contributed by atoms with E-state index in [1.807, 2.05) is 12.1 Å². The van der Waals surface area contributed by atoms with Crippen molar-refractivity contribution < 1.29 is 23.6 Å². The molecule has 138 valence electrons. The number of carbonyl (C=O) groups excluding carboxylic acids is 2. The number of para-hydroxylation sites is 1. The van der Waals surface area contributed by atoms with Crippen molar-refractivity contribution in [2.75, 3.05) is 6.54 Å². The van der Waals surface area contributed by atoms with E-state index in [2.05, 4.69) is 20.7 Å². The van der Waals surface area contributed by atoms with Crippen LogP contribution < -0.4 is 21.1 Å². The fourth-order valence-corrected chi connectivity index (χ4v) is 2.83. The average Bonchev–Trinajstić information content (AvgIpc) is 3.00. The van der Waals surface area contributed by atoms with Crippen molar-refractivity contribution in [2.45, 2.75) is 12.6 Å². The molecular weight excluding hydrogens is 355 g/mol. The van der Waals surface area contributed by atoms with Crippen LogP contribution in [-0.2, 0) is 16.1 Å². The van der Waals surface area contributed by atoms with Gasteiger partial charge in [0.25, 0.3) is 11.8 Å². The molecule has 4 rings (SSSR count). The maximum atomic E-state index is 14.8. The van der Waals surface area contributed by atoms with E-state index in [1.54, 1.807) is 12.1 Å². The molecule has 0 radical (unpaired) electrons. The number of carbonyl (C=O) groups is 2. The molecule has 0 spiro atoms. The summed E-state index contributed by atoms with van der Waals surface area (Å²) in [6.45, 7) is 0.126. The first-order valence-electron chi connectivity index (χ1n) is 8.19. The minimum absolute atomic E-state index is 0.0406. The van der Waals surface area contributed by atoms with Gasteiger partial charge in [-0.15, -0.1) is 0 Å². The summed E-state index contributed by atoms with van der Waals surface area (Å²) in [7, 11) is 0. The first-order valence-corrected chi connectivity index (χ1v) is 8.19. The number of amidine groups is 1. The number of quaternary nitrogens is 1. The second kappa shape index (κ2) is 6.32. The van der Waals surface area contributed by atoms with Gasteiger partial charge in [0.1, 0.15) is 17.8 Å². The van der Waals surface area contributed by atoms with E-state index in [0.29, 0.717) is 18.1 Å². The molecule has 3 aliphatic heterocycles. The van der Waals surface area contributed by atoms with Gasteiger partial charge in [0.2, 0.25) is 0 Å². The van der Waals surface area contributed by atoms with Crippen LogP contribution in [0.5, 0.6) is 5.75 Å². The molecular formula is C17H16FN6O3+. The van der Waals surface area contributed by atoms with Gasteiger partial charge in [-0.2, -0.15) is 4.99 Å². The minimum atomic E-state index is -1.44. The number of aliphatic imine (C=N–C) groups is 1. The van der Waals surface area contributed by atoms with Crippen LogP contribution in [-0.4, -0.2) is 41.3 Å². The van der Waals surface area contributed by atoms with E-state index in [-0.39, 0.29) is 17.9 Å². The Morgan fingerprint density at radius 2 is 2.15 bits per heavy atom. The van der Waals surface area contributed by atoms with Gasteiger partial charge in [0.05, 0.1) is 11.4 Å². The molecule has 0 aliphatic carbocycles. The summed E-state index contributed by atoms with van der Waals surface area (Å²) in [4.78, 5) is 27.0. The standard InChI is InChI=1S/C17H15FN6O3/c18-24-6-5-14-20-7-10-3-1-2-4-12(10)27-13(15(19)25)9-21-17(26)11(8-22-24)16(24)23-14/h1-6,8,13H,7,9H2,(H3-,19,20,21,22,23,25,26)/p+1. The maximum Gasteiger partial charge on any atom is 0.316 e. The molecule has 0 saturated carbocycles. The van der Waals surface area contributed by atoms with Crippen molar-refractivity contribution in [3.05, 3.63) is 53.5 Å². The number of rotatable bonds is 1. The van der Waals surface area contributed by atoms with Gasteiger partial charge in [0, 0.05) is 22.7 Å². The van der Waals surface area contributed by atoms with Gasteiger partial charge in [-0.05, 0) is 11.2 Å². The Labute approximate surface area is 153 Å². The highest BCUT2D eigenvalue weighted by Crippen LogP contribution is 2.32. The maximum absolute atomic E-state index is 14.8. The zero-order valence-corrected chi connectivity index (χ0v) is 14.1. The fourth-order valence-electron chi connectivity index (χ4n) is 2.83. The lowest BCUT2D eigenvalue weighted by atomic mass is 10.2. The van der Waals surface area contributed by atoms with Crippen LogP contribution in [0, 0.1) is 0 Å². The highest BCUT2D eigenvalue weighted by molar-refractivity contribution is 6.13. The molecule has 4 N–H and O–H groups in total. The van der Waals surface area contributed by atoms with Crippen molar-refractivity contribution in [3.63, 3.8) is 0 Å². The minimum Gasteiger partial charge on any atom is -0.478 e. The lowest BCUT2D eigenvalue weighted by molar-refractivity contribution is -0.987. The molecule has 9 nitrogen and oxygen atoms in total. The third-order valence-electron chi connectivity index (χ3n) is 4.26. The number of hydrogen-bond donors (Lipinski definition) is 3. The molecule has 0 saturated heterocycles. The first-order chi connectivity index (χ1) is 13.0. The SMILES string of the molecule is NC(=O)C1CNC(=O)C2=C3N=C(C=C[N+]3(F)N=C2)NCc2ccccc2O1. The zero-order chi connectivity index (χ0) is 19.0. The van der Waals surface area contributed by atoms with Crippen LogP contribution in [0.3, 0.4) is 0 Å². The van der Waals surface area contributed by atoms with Crippen LogP contribution in [0.1, 0.15) is 5.56 Å². The third-order valence-corrected chi connectivity index (χ3v) is 4.26. The Morgan fingerprint density at radius 3 is 2.96 bits per heavy atom. The van der Waals surface area contributed by atoms with Gasteiger partial charge in [0.15, 0.2) is 17.9 Å². The second-order valence-corrected chi connectivity index (χ2v) is 6.08. The number of halogens is 1. The predicted octanol–water partition coefficient (Wildman–Crippen LogP) is -0.0232. The van der Waals surface area contributed by atoms with Crippen LogP contribution in [0.25, 0.3) is 0 Å². The number of hydrogen-bond acceptors (Lipinski definition) is 6. The van der Waals surface area contributed by atoms with E-state index < -0.39 is 22.7 Å². The summed E-state index contributed by atoms with van der Waals surface area (Å²) >= 11 is 0. The van der Waals surface area contributed by atoms with Crippen molar-refractivity contribution >= 4 is 23.9 Å². The van der Waals surface area contributed by atoms with Crippen LogP contribution in [0.15, 0.2) is 58.0 Å². The molecule has 10 heteroatoms. The number of benzene rings is 1. The van der Waals surface area contributed by atoms with Crippen molar-refractivity contribution in [1.82, 2.24) is 10.6 Å². The molecule has 2 unspecified atom stereocenters. The van der Waals surface area contributed by atoms with Crippen LogP contribution in [0.2, 0.25) is 0 Å². The monoisotopic (exact) mass is 371 g/mol. The van der Waals surface area contributed by atoms with Gasteiger partial charge in [-0.3, -0.25) is 9.59 Å². The number of fused-ring (bicyclic) bond motifs is 1. The molecule has 1 aromatic carbocycles. The number of nitrogens with one attached hydrogen (secondary N) is 2. The lowest BCUT2D eigenvalue weighted by Gasteiger charge is -2.19. The second-order valence-electron chi connectivity index (χ2n) is 6.08. The Hall–Kier alpha value is -3.53. The molecule has 0 fully saturated rings. The predicted molar refractivity (Wildman–Crippen MR) is 93.4 cm³/mol. The number of primary amides is 1. The normalized spacial score (nSPS) is 26.5. The van der Waals surface area contributed by atoms with Gasteiger partial charge in [-0.1, -0.05) is 18.2 Å². The highest BCUT2D eigenvalue weighted by Gasteiger charge is 2.45. The molecule has 2 atom stereocenters. The summed E-state index contributed by atoms with van der Waals surface area (Å²) < 4.78 is 20.5. The Kier molecular flexibility index (Phi) is 3.96. The molecule has 1 aromatic rings. The lowest BCUT2D eigenvalue weighted by Crippen LogP contribution is -2.44. The van der Waals surface area contributed by atoms with Crippen molar-refractivity contribution in [3.8, 4) is 5.75 Å². The molecule has 0 aromatic heterocycles. The first kappa shape index (κ1) is 16.9. The quantitative estimate of drug-likeness (QED) is 0.601. The van der Waals surface area contributed by atoms with Crippen LogP contribution >= 0.6 is 0 Å². The Morgan fingerprint density at radius 1 is 1.33 bits per heavy atom. The van der Waals surface area contributed by atoms with Gasteiger partial charge >= 0.3 is 5.82 Å². The van der Waals surface area contributed by atoms with Crippen LogP contribution in [0.4, 0.5) is 4.48 Å². The number of nitrogens with two attached hydrogens (primary N) is 1. The molecule has 2 amide bonds. The van der Waals surface area contributed by atoms with E-state index >= 15 is 0 Å². The Bertz CT molecular complexity index is 954. The summed E-state index contributed by atoms with van der Waals surface area (Å²) in [6.07, 6.45) is 2.63. The van der Waals surface area contributed by atoms with Gasteiger partial charge in [-0.25, -0.2) is 0 Å². The smallest absolute Gasteiger partial charge is 0.316 e.